The summed E-state index contributed by atoms with van der Waals surface area (Å²) in [7, 11) is 0. The second-order valence-corrected chi connectivity index (χ2v) is 18.3. The number of piperidine rings is 1. The van der Waals surface area contributed by atoms with Crippen molar-refractivity contribution in [3.63, 3.8) is 0 Å². The number of rotatable bonds is 42. The summed E-state index contributed by atoms with van der Waals surface area (Å²) in [4.78, 5) is 91.7. The van der Waals surface area contributed by atoms with E-state index in [1.165, 1.54) is 11.3 Å². The van der Waals surface area contributed by atoms with Gasteiger partial charge in [0.25, 0.3) is 23.6 Å². The molecule has 1 saturated carbocycles. The number of aliphatic imine (C=N–C) groups is 1. The van der Waals surface area contributed by atoms with E-state index in [0.29, 0.717) is 181 Å². The number of pyridine rings is 1. The molecule has 436 valence electrons. The van der Waals surface area contributed by atoms with Crippen molar-refractivity contribution in [1.29, 1.82) is 0 Å². The summed E-state index contributed by atoms with van der Waals surface area (Å²) in [6.07, 6.45) is 8.81. The summed E-state index contributed by atoms with van der Waals surface area (Å²) in [6.45, 7) is 14.1. The van der Waals surface area contributed by atoms with Gasteiger partial charge in [-0.2, -0.15) is 0 Å². The van der Waals surface area contributed by atoms with E-state index in [0.717, 1.165) is 42.7 Å². The summed E-state index contributed by atoms with van der Waals surface area (Å²) in [5, 5.41) is 9.84. The molecule has 5 N–H and O–H groups in total. The van der Waals surface area contributed by atoms with E-state index in [1.54, 1.807) is 12.1 Å². The van der Waals surface area contributed by atoms with Gasteiger partial charge in [-0.05, 0) is 44.7 Å². The van der Waals surface area contributed by atoms with Crippen molar-refractivity contribution in [2.45, 2.75) is 52.0 Å². The van der Waals surface area contributed by atoms with Crippen LogP contribution in [0, 0.1) is 5.41 Å². The zero-order valence-electron chi connectivity index (χ0n) is 45.3. The Labute approximate surface area is 456 Å². The predicted molar refractivity (Wildman–Crippen MR) is 281 cm³/mol. The zero-order valence-corrected chi connectivity index (χ0v) is 45.3. The van der Waals surface area contributed by atoms with Gasteiger partial charge in [0.15, 0.2) is 0 Å². The Hall–Kier alpha value is -5.52. The minimum absolute atomic E-state index is 0.0417. The predicted octanol–water partition coefficient (Wildman–Crippen LogP) is 0.549. The van der Waals surface area contributed by atoms with Gasteiger partial charge in [0.2, 0.25) is 5.91 Å². The van der Waals surface area contributed by atoms with Crippen LogP contribution in [-0.4, -0.2) is 245 Å². The maximum Gasteiger partial charge on any atom is 0.315 e. The molecule has 5 rings (SSSR count). The average Bonchev–Trinajstić information content (AvgIpc) is 4.24. The van der Waals surface area contributed by atoms with Crippen molar-refractivity contribution >= 4 is 53.2 Å². The maximum atomic E-state index is 13.7. The molecule has 2 atom stereocenters. The highest BCUT2D eigenvalue weighted by atomic mass is 16.7. The first kappa shape index (κ1) is 63.3. The SMILES string of the molecule is CCCN(OCC)C(=O)C1=Cc2ncc(C(=O)N3CCC[C@]4(CC4NC(=O)NCCOCCOCCOCCOCCOCCOCCOCCOCCOCCOCCNC(=O)CN4C(=O)C=CC4=O)C3)cc2N=C(N)C1. The van der Waals surface area contributed by atoms with Gasteiger partial charge in [-0.25, -0.2) is 14.9 Å². The van der Waals surface area contributed by atoms with Crippen LogP contribution < -0.4 is 21.7 Å². The van der Waals surface area contributed by atoms with Crippen LogP contribution in [0.5, 0.6) is 0 Å². The van der Waals surface area contributed by atoms with E-state index in [-0.39, 0.29) is 61.3 Å². The van der Waals surface area contributed by atoms with Crippen LogP contribution in [0.25, 0.3) is 6.08 Å². The topological polar surface area (TPSA) is 301 Å². The van der Waals surface area contributed by atoms with Crippen LogP contribution in [0.4, 0.5) is 10.5 Å². The van der Waals surface area contributed by atoms with E-state index in [1.807, 2.05) is 18.7 Å². The van der Waals surface area contributed by atoms with Crippen molar-refractivity contribution in [1.82, 2.24) is 35.8 Å². The molecule has 1 unspecified atom stereocenters. The molecule has 3 aliphatic heterocycles. The van der Waals surface area contributed by atoms with Gasteiger partial charge in [0.05, 0.1) is 156 Å². The molecule has 4 aliphatic rings. The molecule has 26 nitrogen and oxygen atoms in total. The number of amidine groups is 1. The highest BCUT2D eigenvalue weighted by Gasteiger charge is 2.57. The molecule has 1 aromatic heterocycles. The average molecular weight is 1100 g/mol. The number of hydrogen-bond acceptors (Lipinski definition) is 20. The van der Waals surface area contributed by atoms with Gasteiger partial charge in [0.1, 0.15) is 12.4 Å². The number of carbonyl (C=O) groups excluding carboxylic acids is 6. The lowest BCUT2D eigenvalue weighted by molar-refractivity contribution is -0.180. The summed E-state index contributed by atoms with van der Waals surface area (Å²) in [6, 6.07) is 1.36. The number of aromatic nitrogens is 1. The zero-order chi connectivity index (χ0) is 55.6. The molecule has 0 radical (unpaired) electrons. The highest BCUT2D eigenvalue weighted by molar-refractivity contribution is 6.14. The Morgan fingerprint density at radius 1 is 0.718 bits per heavy atom. The Balaban J connectivity index is 0.738. The van der Waals surface area contributed by atoms with Crippen molar-refractivity contribution in [2.24, 2.45) is 16.1 Å². The van der Waals surface area contributed by atoms with Crippen LogP contribution >= 0.6 is 0 Å². The molecule has 0 aromatic carbocycles. The highest BCUT2D eigenvalue weighted by Crippen LogP contribution is 2.52. The number of hydrogen-bond donors (Lipinski definition) is 4. The first-order chi connectivity index (χ1) is 38.0. The second kappa shape index (κ2) is 36.6. The van der Waals surface area contributed by atoms with Crippen LogP contribution in [0.2, 0.25) is 0 Å². The van der Waals surface area contributed by atoms with E-state index in [4.69, 9.17) is 57.9 Å². The fourth-order valence-corrected chi connectivity index (χ4v) is 8.36. The minimum atomic E-state index is -0.500. The molecular formula is C52H81N9O17. The number of fused-ring (bicyclic) bond motifs is 1. The van der Waals surface area contributed by atoms with E-state index in [9.17, 15) is 28.8 Å². The molecule has 7 amide bonds. The number of imide groups is 1. The van der Waals surface area contributed by atoms with Gasteiger partial charge in [0, 0.05) is 74.5 Å². The molecule has 4 heterocycles. The van der Waals surface area contributed by atoms with Gasteiger partial charge < -0.3 is 74.0 Å². The van der Waals surface area contributed by atoms with Gasteiger partial charge in [-0.15, -0.1) is 0 Å². The van der Waals surface area contributed by atoms with Gasteiger partial charge in [-0.3, -0.25) is 38.7 Å². The van der Waals surface area contributed by atoms with Crippen LogP contribution in [0.15, 0.2) is 35.0 Å². The van der Waals surface area contributed by atoms with Crippen molar-refractivity contribution in [3.05, 3.63) is 41.2 Å². The normalized spacial score (nSPS) is 17.7. The third kappa shape index (κ3) is 23.4. The van der Waals surface area contributed by atoms with Gasteiger partial charge in [-0.1, -0.05) is 6.92 Å². The Bertz CT molecular complexity index is 2110. The molecule has 78 heavy (non-hydrogen) atoms. The molecule has 1 saturated heterocycles. The Morgan fingerprint density at radius 3 is 1.72 bits per heavy atom. The number of amides is 7. The number of urea groups is 1. The number of nitrogens with two attached hydrogens (primary N) is 1. The number of hydroxylamine groups is 2. The Morgan fingerprint density at radius 2 is 1.22 bits per heavy atom. The van der Waals surface area contributed by atoms with Crippen LogP contribution in [-0.2, 0) is 71.4 Å². The molecule has 1 spiro atoms. The molecule has 1 aliphatic carbocycles. The molecule has 2 fully saturated rings. The van der Waals surface area contributed by atoms with Crippen molar-refractivity contribution < 1.29 is 81.0 Å². The summed E-state index contributed by atoms with van der Waals surface area (Å²) in [5.41, 5.74) is 7.71. The largest absolute Gasteiger partial charge is 0.387 e. The Kier molecular flexibility index (Phi) is 29.7. The monoisotopic (exact) mass is 1100 g/mol. The summed E-state index contributed by atoms with van der Waals surface area (Å²) >= 11 is 0. The van der Waals surface area contributed by atoms with E-state index in [2.05, 4.69) is 25.9 Å². The molecule has 1 aromatic rings. The summed E-state index contributed by atoms with van der Waals surface area (Å²) < 4.78 is 55.0. The number of ether oxygens (including phenoxy) is 10. The summed E-state index contributed by atoms with van der Waals surface area (Å²) in [5.74, 6) is -1.66. The van der Waals surface area contributed by atoms with Crippen LogP contribution in [0.1, 0.15) is 62.0 Å². The second-order valence-electron chi connectivity index (χ2n) is 18.3. The third-order valence-corrected chi connectivity index (χ3v) is 12.3. The minimum Gasteiger partial charge on any atom is -0.387 e. The quantitative estimate of drug-likeness (QED) is 0.0395. The number of nitrogens with one attached hydrogen (secondary N) is 3. The first-order valence-electron chi connectivity index (χ1n) is 26.9. The lowest BCUT2D eigenvalue weighted by Crippen LogP contribution is -2.46. The van der Waals surface area contributed by atoms with Crippen molar-refractivity contribution in [3.8, 4) is 0 Å². The molecule has 26 heteroatoms. The van der Waals surface area contributed by atoms with Crippen molar-refractivity contribution in [2.75, 3.05) is 178 Å². The number of nitrogens with zero attached hydrogens (tertiary/aromatic N) is 5. The lowest BCUT2D eigenvalue weighted by Gasteiger charge is -2.34. The first-order valence-corrected chi connectivity index (χ1v) is 26.9. The number of carbonyl (C=O) groups is 6. The van der Waals surface area contributed by atoms with E-state index < -0.39 is 17.7 Å². The smallest absolute Gasteiger partial charge is 0.315 e. The van der Waals surface area contributed by atoms with Gasteiger partial charge >= 0.3 is 6.03 Å². The van der Waals surface area contributed by atoms with E-state index >= 15 is 0 Å². The lowest BCUT2D eigenvalue weighted by atomic mass is 9.93. The maximum absolute atomic E-state index is 13.7. The fourth-order valence-electron chi connectivity index (χ4n) is 8.36. The molecular weight excluding hydrogens is 1020 g/mol. The van der Waals surface area contributed by atoms with Crippen LogP contribution in [0.3, 0.4) is 0 Å². The standard InChI is InChI=1S/C52H81N9O17/c1-3-11-61(78-4-2)50(66)40-33-42-43(57-45(53)35-40)34-41(37-56-42)49(65)59-12-5-8-52(39-59)36-44(52)58-51(67)55-10-14-69-16-18-71-20-22-73-24-26-75-28-30-77-32-31-76-29-27-74-25-23-72-21-19-70-17-15-68-13-9-54-46(62)38-60-47(63)6-7-48(60)64/h6-7,33-34,37,44H,3-5,8-32,35-36,38-39H2,1-2H3,(H2,53,57)(H,54,62)(H2,55,58,67)/t44?,52-/m0/s1. The number of likely N-dealkylation sites (tertiary alicyclic amines) is 1. The fraction of sp³-hybridized carbons (Fsp3) is 0.692. The molecule has 0 bridgehead atoms. The third-order valence-electron chi connectivity index (χ3n) is 12.3.